The predicted octanol–water partition coefficient (Wildman–Crippen LogP) is 4.18. The lowest BCUT2D eigenvalue weighted by Gasteiger charge is -2.31. The third-order valence-corrected chi connectivity index (χ3v) is 5.32. The molecule has 1 unspecified atom stereocenters. The highest BCUT2D eigenvalue weighted by molar-refractivity contribution is 7.09. The number of thiazole rings is 1. The normalized spacial score (nSPS) is 17.1. The number of hydrogen-bond donors (Lipinski definition) is 1. The summed E-state index contributed by atoms with van der Waals surface area (Å²) in [6.07, 6.45) is 3.61. The van der Waals surface area contributed by atoms with Gasteiger partial charge in [0.05, 0.1) is 22.8 Å². The maximum Gasteiger partial charge on any atom is 0.257 e. The zero-order chi connectivity index (χ0) is 16.4. The Morgan fingerprint density at radius 3 is 2.84 bits per heavy atom. The predicted molar refractivity (Wildman–Crippen MR) is 105 cm³/mol. The van der Waals surface area contributed by atoms with Crippen molar-refractivity contribution in [1.82, 2.24) is 9.88 Å². The first-order chi connectivity index (χ1) is 11.1. The van der Waals surface area contributed by atoms with Gasteiger partial charge in [-0.3, -0.25) is 4.79 Å². The highest BCUT2D eigenvalue weighted by Gasteiger charge is 2.28. The molecule has 8 heteroatoms. The minimum Gasteiger partial charge on any atom is -0.467 e. The van der Waals surface area contributed by atoms with E-state index in [9.17, 15) is 4.79 Å². The first-order valence-electron chi connectivity index (χ1n) is 8.10. The number of aromatic nitrogens is 1. The molecule has 0 aliphatic carbocycles. The number of piperidine rings is 1. The number of carbonyl (C=O) groups excluding carboxylic acids is 1. The van der Waals surface area contributed by atoms with E-state index in [0.717, 1.165) is 36.6 Å². The van der Waals surface area contributed by atoms with Gasteiger partial charge in [-0.15, -0.1) is 36.2 Å². The first kappa shape index (κ1) is 22.0. The monoisotopic (exact) mass is 405 g/mol. The molecule has 0 aromatic carbocycles. The summed E-state index contributed by atoms with van der Waals surface area (Å²) in [5.74, 6) is 1.45. The Kier molecular flexibility index (Phi) is 8.41. The molecular formula is C17H25Cl2N3O2S. The number of furan rings is 1. The van der Waals surface area contributed by atoms with Crippen LogP contribution in [0.4, 0.5) is 0 Å². The van der Waals surface area contributed by atoms with E-state index >= 15 is 0 Å². The van der Waals surface area contributed by atoms with Gasteiger partial charge in [-0.2, -0.15) is 0 Å². The van der Waals surface area contributed by atoms with Crippen molar-refractivity contribution in [2.75, 3.05) is 13.1 Å². The Hall–Kier alpha value is -1.08. The number of nitrogens with zero attached hydrogens (tertiary/aromatic N) is 2. The van der Waals surface area contributed by atoms with Crippen LogP contribution in [-0.4, -0.2) is 28.9 Å². The van der Waals surface area contributed by atoms with Crippen LogP contribution in [0.5, 0.6) is 0 Å². The van der Waals surface area contributed by atoms with Gasteiger partial charge in [-0.25, -0.2) is 4.98 Å². The van der Waals surface area contributed by atoms with Crippen LogP contribution in [0.1, 0.15) is 65.3 Å². The SMILES string of the molecule is CC(C)c1csc(C2CCCN(C(=O)c3coc(CN)c3)C2)n1.Cl.Cl. The molecule has 1 atom stereocenters. The van der Waals surface area contributed by atoms with Crippen molar-refractivity contribution in [2.45, 2.75) is 45.1 Å². The number of hydrogen-bond acceptors (Lipinski definition) is 5. The third kappa shape index (κ3) is 4.97. The molecule has 2 aromatic heterocycles. The average molecular weight is 406 g/mol. The van der Waals surface area contributed by atoms with Gasteiger partial charge < -0.3 is 15.1 Å². The first-order valence-corrected chi connectivity index (χ1v) is 8.98. The molecule has 5 nitrogen and oxygen atoms in total. The van der Waals surface area contributed by atoms with E-state index in [1.54, 1.807) is 17.4 Å². The summed E-state index contributed by atoms with van der Waals surface area (Å²) in [6.45, 7) is 6.15. The smallest absolute Gasteiger partial charge is 0.257 e. The molecule has 0 bridgehead atoms. The van der Waals surface area contributed by atoms with Crippen molar-refractivity contribution >= 4 is 42.1 Å². The third-order valence-electron chi connectivity index (χ3n) is 4.29. The second-order valence-corrected chi connectivity index (χ2v) is 7.25. The molecule has 1 aliphatic heterocycles. The molecule has 3 rings (SSSR count). The average Bonchev–Trinajstić information content (AvgIpc) is 3.23. The summed E-state index contributed by atoms with van der Waals surface area (Å²) in [7, 11) is 0. The van der Waals surface area contributed by atoms with Gasteiger partial charge in [-0.1, -0.05) is 13.8 Å². The Balaban J connectivity index is 0.00000156. The Labute approximate surface area is 164 Å². The summed E-state index contributed by atoms with van der Waals surface area (Å²) in [4.78, 5) is 19.3. The van der Waals surface area contributed by atoms with Gasteiger partial charge in [-0.05, 0) is 24.8 Å². The van der Waals surface area contributed by atoms with Gasteiger partial charge in [0.25, 0.3) is 5.91 Å². The quantitative estimate of drug-likeness (QED) is 0.827. The van der Waals surface area contributed by atoms with Crippen molar-refractivity contribution in [3.63, 3.8) is 0 Å². The van der Waals surface area contributed by atoms with E-state index in [1.807, 2.05) is 4.90 Å². The molecular weight excluding hydrogens is 381 g/mol. The molecule has 1 aliphatic rings. The van der Waals surface area contributed by atoms with Crippen LogP contribution in [0.3, 0.4) is 0 Å². The summed E-state index contributed by atoms with van der Waals surface area (Å²) < 4.78 is 5.28. The summed E-state index contributed by atoms with van der Waals surface area (Å²) in [5.41, 5.74) is 7.28. The van der Waals surface area contributed by atoms with Gasteiger partial charge in [0.1, 0.15) is 12.0 Å². The van der Waals surface area contributed by atoms with E-state index < -0.39 is 0 Å². The second kappa shape index (κ2) is 9.57. The van der Waals surface area contributed by atoms with Crippen LogP contribution in [0.15, 0.2) is 22.1 Å². The van der Waals surface area contributed by atoms with Crippen LogP contribution >= 0.6 is 36.2 Å². The maximum atomic E-state index is 12.6. The Morgan fingerprint density at radius 1 is 1.48 bits per heavy atom. The zero-order valence-electron chi connectivity index (χ0n) is 14.4. The zero-order valence-corrected chi connectivity index (χ0v) is 16.9. The van der Waals surface area contributed by atoms with Crippen LogP contribution in [0, 0.1) is 0 Å². The van der Waals surface area contributed by atoms with Crippen molar-refractivity contribution in [3.8, 4) is 0 Å². The minimum absolute atomic E-state index is 0. The molecule has 2 aromatic rings. The van der Waals surface area contributed by atoms with E-state index in [4.69, 9.17) is 15.1 Å². The van der Waals surface area contributed by atoms with E-state index in [2.05, 4.69) is 19.2 Å². The molecule has 1 amide bonds. The molecule has 2 N–H and O–H groups in total. The summed E-state index contributed by atoms with van der Waals surface area (Å²) in [5, 5.41) is 3.30. The van der Waals surface area contributed by atoms with Crippen LogP contribution in [-0.2, 0) is 6.54 Å². The highest BCUT2D eigenvalue weighted by Crippen LogP contribution is 2.31. The van der Waals surface area contributed by atoms with Gasteiger partial charge in [0, 0.05) is 24.4 Å². The van der Waals surface area contributed by atoms with Crippen molar-refractivity contribution in [1.29, 1.82) is 0 Å². The second-order valence-electron chi connectivity index (χ2n) is 6.36. The fourth-order valence-corrected chi connectivity index (χ4v) is 4.01. The lowest BCUT2D eigenvalue weighted by molar-refractivity contribution is 0.0706. The standard InChI is InChI=1S/C17H23N3O2S.2ClH/c1-11(2)15-10-23-16(19-15)12-4-3-5-20(8-12)17(21)13-6-14(7-18)22-9-13;;/h6,9-12H,3-5,7-8,18H2,1-2H3;2*1H. The van der Waals surface area contributed by atoms with Crippen molar-refractivity contribution < 1.29 is 9.21 Å². The lowest BCUT2D eigenvalue weighted by Crippen LogP contribution is -2.39. The molecule has 3 heterocycles. The molecule has 0 spiro atoms. The van der Waals surface area contributed by atoms with Gasteiger partial charge in [0.2, 0.25) is 0 Å². The molecule has 0 saturated carbocycles. The van der Waals surface area contributed by atoms with Crippen LogP contribution < -0.4 is 5.73 Å². The maximum absolute atomic E-state index is 12.6. The van der Waals surface area contributed by atoms with E-state index in [0.29, 0.717) is 29.7 Å². The van der Waals surface area contributed by atoms with Gasteiger partial charge >= 0.3 is 0 Å². The summed E-state index contributed by atoms with van der Waals surface area (Å²) in [6, 6.07) is 1.74. The number of rotatable bonds is 4. The summed E-state index contributed by atoms with van der Waals surface area (Å²) >= 11 is 1.72. The molecule has 140 valence electrons. The van der Waals surface area contributed by atoms with Crippen molar-refractivity contribution in [3.05, 3.63) is 39.7 Å². The van der Waals surface area contributed by atoms with Gasteiger partial charge in [0.15, 0.2) is 0 Å². The van der Waals surface area contributed by atoms with E-state index in [1.165, 1.54) is 6.26 Å². The molecule has 1 saturated heterocycles. The fourth-order valence-electron chi connectivity index (χ4n) is 2.90. The number of halogens is 2. The number of likely N-dealkylation sites (tertiary alicyclic amines) is 1. The number of amides is 1. The number of nitrogens with two attached hydrogens (primary N) is 1. The molecule has 0 radical (unpaired) electrons. The minimum atomic E-state index is 0. The highest BCUT2D eigenvalue weighted by atomic mass is 35.5. The number of carbonyl (C=O) groups is 1. The topological polar surface area (TPSA) is 72.4 Å². The van der Waals surface area contributed by atoms with E-state index in [-0.39, 0.29) is 30.7 Å². The molecule has 25 heavy (non-hydrogen) atoms. The Bertz CT molecular complexity index is 687. The fraction of sp³-hybridized carbons (Fsp3) is 0.529. The van der Waals surface area contributed by atoms with Crippen LogP contribution in [0.25, 0.3) is 0 Å². The largest absolute Gasteiger partial charge is 0.467 e. The van der Waals surface area contributed by atoms with Crippen molar-refractivity contribution in [2.24, 2.45) is 5.73 Å². The lowest BCUT2D eigenvalue weighted by atomic mass is 9.98. The molecule has 1 fully saturated rings. The van der Waals surface area contributed by atoms with Crippen LogP contribution in [0.2, 0.25) is 0 Å². The Morgan fingerprint density at radius 2 is 2.24 bits per heavy atom.